The van der Waals surface area contributed by atoms with Crippen LogP contribution in [0.25, 0.3) is 0 Å². The Morgan fingerprint density at radius 1 is 1.35 bits per heavy atom. The lowest BCUT2D eigenvalue weighted by Crippen LogP contribution is -2.00. The van der Waals surface area contributed by atoms with Crippen molar-refractivity contribution in [2.75, 3.05) is 12.4 Å². The number of nitro groups is 1. The Hall–Kier alpha value is -3.14. The fraction of sp³-hybridized carbons (Fsp3) is 0.0769. The largest absolute Gasteiger partial charge is 0.432 e. The van der Waals surface area contributed by atoms with E-state index in [9.17, 15) is 10.1 Å². The maximum absolute atomic E-state index is 11.0. The minimum atomic E-state index is -0.587. The van der Waals surface area contributed by atoms with E-state index in [0.717, 1.165) is 0 Å². The highest BCUT2D eigenvalue weighted by molar-refractivity contribution is 5.52. The number of nitrogens with zero attached hydrogens (tertiary/aromatic N) is 3. The molecule has 0 fully saturated rings. The summed E-state index contributed by atoms with van der Waals surface area (Å²) in [7, 11) is 1.64. The SMILES string of the molecule is CNc1ccc([N+](=O)[O-])c(Oc2ccccc2C#N)n1. The van der Waals surface area contributed by atoms with E-state index in [1.54, 1.807) is 31.3 Å². The number of nitrogens with one attached hydrogen (secondary N) is 1. The highest BCUT2D eigenvalue weighted by Gasteiger charge is 2.19. The van der Waals surface area contributed by atoms with Crippen molar-refractivity contribution in [2.24, 2.45) is 0 Å². The van der Waals surface area contributed by atoms with Crippen LogP contribution in [0.2, 0.25) is 0 Å². The molecule has 2 aromatic rings. The number of para-hydroxylation sites is 1. The molecule has 7 heteroatoms. The van der Waals surface area contributed by atoms with Crippen LogP contribution in [-0.4, -0.2) is 17.0 Å². The summed E-state index contributed by atoms with van der Waals surface area (Å²) in [6.07, 6.45) is 0. The molecule has 0 atom stereocenters. The van der Waals surface area contributed by atoms with E-state index in [1.807, 2.05) is 6.07 Å². The molecule has 1 heterocycles. The molecule has 2 rings (SSSR count). The molecule has 100 valence electrons. The molecule has 0 bridgehead atoms. The first-order valence-electron chi connectivity index (χ1n) is 5.66. The molecule has 1 aromatic carbocycles. The maximum atomic E-state index is 11.0. The normalized spacial score (nSPS) is 9.60. The molecule has 0 saturated carbocycles. The molecule has 0 aliphatic heterocycles. The second-order valence-corrected chi connectivity index (χ2v) is 3.74. The van der Waals surface area contributed by atoms with Crippen molar-refractivity contribution in [3.63, 3.8) is 0 Å². The lowest BCUT2D eigenvalue weighted by molar-refractivity contribution is -0.386. The van der Waals surface area contributed by atoms with Gasteiger partial charge in [0.15, 0.2) is 0 Å². The molecule has 20 heavy (non-hydrogen) atoms. The summed E-state index contributed by atoms with van der Waals surface area (Å²) in [4.78, 5) is 14.4. The van der Waals surface area contributed by atoms with Crippen LogP contribution in [0.15, 0.2) is 36.4 Å². The lowest BCUT2D eigenvalue weighted by Gasteiger charge is -2.08. The first-order chi connectivity index (χ1) is 9.65. The van der Waals surface area contributed by atoms with Gasteiger partial charge >= 0.3 is 11.6 Å². The minimum absolute atomic E-state index is 0.162. The summed E-state index contributed by atoms with van der Waals surface area (Å²) >= 11 is 0. The van der Waals surface area contributed by atoms with E-state index >= 15 is 0 Å². The molecule has 0 radical (unpaired) electrons. The quantitative estimate of drug-likeness (QED) is 0.677. The van der Waals surface area contributed by atoms with Gasteiger partial charge in [-0.05, 0) is 18.2 Å². The van der Waals surface area contributed by atoms with Crippen LogP contribution in [0.4, 0.5) is 11.5 Å². The van der Waals surface area contributed by atoms with Crippen molar-refractivity contribution >= 4 is 11.5 Å². The van der Waals surface area contributed by atoms with Gasteiger partial charge in [-0.2, -0.15) is 10.2 Å². The number of nitriles is 1. The second-order valence-electron chi connectivity index (χ2n) is 3.74. The zero-order valence-corrected chi connectivity index (χ0v) is 10.5. The van der Waals surface area contributed by atoms with Gasteiger partial charge in [0.1, 0.15) is 17.6 Å². The molecule has 0 aliphatic carbocycles. The Morgan fingerprint density at radius 2 is 2.10 bits per heavy atom. The predicted octanol–water partition coefficient (Wildman–Crippen LogP) is 2.70. The first-order valence-corrected chi connectivity index (χ1v) is 5.66. The minimum Gasteiger partial charge on any atom is -0.432 e. The van der Waals surface area contributed by atoms with Crippen molar-refractivity contribution in [3.8, 4) is 17.7 Å². The Morgan fingerprint density at radius 3 is 2.75 bits per heavy atom. The number of benzene rings is 1. The number of pyridine rings is 1. The van der Waals surface area contributed by atoms with Crippen molar-refractivity contribution in [3.05, 3.63) is 52.1 Å². The van der Waals surface area contributed by atoms with Gasteiger partial charge < -0.3 is 10.1 Å². The fourth-order valence-corrected chi connectivity index (χ4v) is 1.54. The van der Waals surface area contributed by atoms with Crippen LogP contribution in [0, 0.1) is 21.4 Å². The van der Waals surface area contributed by atoms with E-state index < -0.39 is 4.92 Å². The highest BCUT2D eigenvalue weighted by Crippen LogP contribution is 2.31. The summed E-state index contributed by atoms with van der Waals surface area (Å²) in [5.74, 6) is 0.489. The highest BCUT2D eigenvalue weighted by atomic mass is 16.6. The van der Waals surface area contributed by atoms with Crippen LogP contribution >= 0.6 is 0 Å². The van der Waals surface area contributed by atoms with Crippen LogP contribution < -0.4 is 10.1 Å². The topological polar surface area (TPSA) is 101 Å². The Kier molecular flexibility index (Phi) is 3.77. The first kappa shape index (κ1) is 13.3. The van der Waals surface area contributed by atoms with E-state index in [4.69, 9.17) is 10.00 Å². The molecule has 0 aliphatic rings. The summed E-state index contributed by atoms with van der Waals surface area (Å²) in [6, 6.07) is 11.2. The molecular formula is C13H10N4O3. The van der Waals surface area contributed by atoms with Crippen LogP contribution in [0.5, 0.6) is 11.6 Å². The van der Waals surface area contributed by atoms with E-state index in [-0.39, 0.29) is 22.9 Å². The van der Waals surface area contributed by atoms with Crippen LogP contribution in [0.3, 0.4) is 0 Å². The molecule has 0 saturated heterocycles. The molecule has 0 spiro atoms. The van der Waals surface area contributed by atoms with Gasteiger partial charge in [-0.1, -0.05) is 12.1 Å². The van der Waals surface area contributed by atoms with Gasteiger partial charge in [0, 0.05) is 13.1 Å². The number of hydrogen-bond donors (Lipinski definition) is 1. The third-order valence-corrected chi connectivity index (χ3v) is 2.51. The number of hydrogen-bond acceptors (Lipinski definition) is 6. The van der Waals surface area contributed by atoms with Gasteiger partial charge in [0.25, 0.3) is 0 Å². The summed E-state index contributed by atoms with van der Waals surface area (Å²) in [5.41, 5.74) is 0.00945. The zero-order valence-electron chi connectivity index (χ0n) is 10.5. The predicted molar refractivity (Wildman–Crippen MR) is 71.7 cm³/mol. The number of aromatic nitrogens is 1. The van der Waals surface area contributed by atoms with Gasteiger partial charge in [-0.25, -0.2) is 0 Å². The van der Waals surface area contributed by atoms with Gasteiger partial charge in [0.2, 0.25) is 0 Å². The monoisotopic (exact) mass is 270 g/mol. The molecule has 1 N–H and O–H groups in total. The number of rotatable bonds is 4. The molecule has 0 unspecified atom stereocenters. The Labute approximate surface area is 114 Å². The molecule has 0 amide bonds. The third kappa shape index (κ3) is 2.64. The van der Waals surface area contributed by atoms with Crippen LogP contribution in [-0.2, 0) is 0 Å². The molecular weight excluding hydrogens is 260 g/mol. The molecule has 1 aromatic heterocycles. The van der Waals surface area contributed by atoms with E-state index in [0.29, 0.717) is 5.82 Å². The Balaban J connectivity index is 2.46. The number of anilines is 1. The lowest BCUT2D eigenvalue weighted by atomic mass is 10.2. The summed E-state index contributed by atoms with van der Waals surface area (Å²) in [5, 5.41) is 22.7. The van der Waals surface area contributed by atoms with Crippen molar-refractivity contribution in [1.82, 2.24) is 4.98 Å². The smallest absolute Gasteiger partial charge is 0.331 e. The van der Waals surface area contributed by atoms with Crippen LogP contribution in [0.1, 0.15) is 5.56 Å². The van der Waals surface area contributed by atoms with Gasteiger partial charge in [-0.15, -0.1) is 0 Å². The standard InChI is InChI=1S/C13H10N4O3/c1-15-12-7-6-10(17(18)19)13(16-12)20-11-5-3-2-4-9(11)8-14/h2-7H,1H3,(H,15,16). The van der Waals surface area contributed by atoms with Gasteiger partial charge in [0.05, 0.1) is 10.5 Å². The summed E-state index contributed by atoms with van der Waals surface area (Å²) in [6.45, 7) is 0. The average molecular weight is 270 g/mol. The summed E-state index contributed by atoms with van der Waals surface area (Å²) < 4.78 is 5.42. The Bertz CT molecular complexity index is 694. The van der Waals surface area contributed by atoms with Crippen molar-refractivity contribution in [2.45, 2.75) is 0 Å². The zero-order chi connectivity index (χ0) is 14.5. The second kappa shape index (κ2) is 5.67. The molecule has 7 nitrogen and oxygen atoms in total. The number of ether oxygens (including phenoxy) is 1. The average Bonchev–Trinajstić information content (AvgIpc) is 2.47. The van der Waals surface area contributed by atoms with E-state index in [1.165, 1.54) is 12.1 Å². The van der Waals surface area contributed by atoms with Gasteiger partial charge in [-0.3, -0.25) is 10.1 Å². The third-order valence-electron chi connectivity index (χ3n) is 2.51. The maximum Gasteiger partial charge on any atom is 0.331 e. The van der Waals surface area contributed by atoms with Crippen molar-refractivity contribution < 1.29 is 9.66 Å². The fourth-order valence-electron chi connectivity index (χ4n) is 1.54. The van der Waals surface area contributed by atoms with E-state index in [2.05, 4.69) is 10.3 Å². The van der Waals surface area contributed by atoms with Crippen molar-refractivity contribution in [1.29, 1.82) is 5.26 Å².